The van der Waals surface area contributed by atoms with Crippen LogP contribution in [-0.2, 0) is 17.9 Å². The molecule has 0 fully saturated rings. The number of benzene rings is 1. The third-order valence-corrected chi connectivity index (χ3v) is 5.33. The first-order chi connectivity index (χ1) is 14.2. The second-order valence-electron chi connectivity index (χ2n) is 6.45. The van der Waals surface area contributed by atoms with Crippen LogP contribution < -0.4 is 14.8 Å². The van der Waals surface area contributed by atoms with Gasteiger partial charge in [-0.25, -0.2) is 0 Å². The normalized spacial score (nSPS) is 12.2. The highest BCUT2D eigenvalue weighted by atomic mass is 32.2. The zero-order valence-corrected chi connectivity index (χ0v) is 16.8. The van der Waals surface area contributed by atoms with Crippen molar-refractivity contribution in [2.45, 2.75) is 31.6 Å². The summed E-state index contributed by atoms with van der Waals surface area (Å²) in [6.45, 7) is 3.55. The number of thioether (sulfide) groups is 1. The molecule has 4 rings (SSSR count). The van der Waals surface area contributed by atoms with E-state index in [1.807, 2.05) is 34.9 Å². The van der Waals surface area contributed by atoms with Crippen LogP contribution in [0.1, 0.15) is 18.9 Å². The van der Waals surface area contributed by atoms with E-state index in [0.717, 1.165) is 40.8 Å². The van der Waals surface area contributed by atoms with Crippen LogP contribution in [0.15, 0.2) is 47.9 Å². The van der Waals surface area contributed by atoms with E-state index in [1.165, 1.54) is 11.8 Å². The van der Waals surface area contributed by atoms with Gasteiger partial charge in [-0.2, -0.15) is 0 Å². The molecule has 0 aliphatic carbocycles. The van der Waals surface area contributed by atoms with E-state index in [9.17, 15) is 4.79 Å². The lowest BCUT2D eigenvalue weighted by Gasteiger charge is -2.09. The van der Waals surface area contributed by atoms with Crippen molar-refractivity contribution in [3.05, 3.63) is 48.3 Å². The molecule has 29 heavy (non-hydrogen) atoms. The summed E-state index contributed by atoms with van der Waals surface area (Å²) in [6.07, 6.45) is 4.41. The fraction of sp³-hybridized carbons (Fsp3) is 0.300. The molecule has 1 amide bonds. The minimum atomic E-state index is -0.0656. The maximum atomic E-state index is 12.3. The van der Waals surface area contributed by atoms with Crippen LogP contribution in [0.3, 0.4) is 0 Å². The fourth-order valence-electron chi connectivity index (χ4n) is 2.97. The molecule has 0 saturated carbocycles. The van der Waals surface area contributed by atoms with Crippen LogP contribution in [0.4, 0.5) is 0 Å². The van der Waals surface area contributed by atoms with E-state index < -0.39 is 0 Å². The first kappa shape index (κ1) is 19.3. The van der Waals surface area contributed by atoms with Gasteiger partial charge in [-0.3, -0.25) is 9.78 Å². The number of pyridine rings is 1. The SMILES string of the molecule is CCCn1c(SCC(=O)NCc2ccc3c(c2)OCO3)nnc1-c1ccncc1. The number of fused-ring (bicyclic) bond motifs is 1. The van der Waals surface area contributed by atoms with Crippen molar-refractivity contribution in [3.8, 4) is 22.9 Å². The van der Waals surface area contributed by atoms with Crippen LogP contribution in [0, 0.1) is 0 Å². The monoisotopic (exact) mass is 411 g/mol. The zero-order chi connectivity index (χ0) is 20.1. The Morgan fingerprint density at radius 1 is 1.17 bits per heavy atom. The van der Waals surface area contributed by atoms with Gasteiger partial charge in [0.15, 0.2) is 22.5 Å². The molecule has 1 aromatic carbocycles. The fourth-order valence-corrected chi connectivity index (χ4v) is 3.76. The molecule has 9 heteroatoms. The van der Waals surface area contributed by atoms with Gasteiger partial charge in [-0.15, -0.1) is 10.2 Å². The van der Waals surface area contributed by atoms with Crippen molar-refractivity contribution in [1.29, 1.82) is 0 Å². The van der Waals surface area contributed by atoms with E-state index in [1.54, 1.807) is 12.4 Å². The molecule has 1 N–H and O–H groups in total. The van der Waals surface area contributed by atoms with E-state index >= 15 is 0 Å². The van der Waals surface area contributed by atoms with E-state index in [-0.39, 0.29) is 18.5 Å². The van der Waals surface area contributed by atoms with Gasteiger partial charge >= 0.3 is 0 Å². The highest BCUT2D eigenvalue weighted by Gasteiger charge is 2.16. The smallest absolute Gasteiger partial charge is 0.231 e. The largest absolute Gasteiger partial charge is 0.454 e. The Morgan fingerprint density at radius 3 is 2.83 bits per heavy atom. The molecule has 0 unspecified atom stereocenters. The van der Waals surface area contributed by atoms with E-state index in [0.29, 0.717) is 12.3 Å². The summed E-state index contributed by atoms with van der Waals surface area (Å²) in [5, 5.41) is 12.3. The van der Waals surface area contributed by atoms with Gasteiger partial charge in [0.1, 0.15) is 0 Å². The van der Waals surface area contributed by atoms with Gasteiger partial charge in [0.25, 0.3) is 0 Å². The molecular weight excluding hydrogens is 390 g/mol. The molecule has 3 heterocycles. The number of amides is 1. The number of hydrogen-bond acceptors (Lipinski definition) is 7. The Labute approximate surface area is 172 Å². The minimum Gasteiger partial charge on any atom is -0.454 e. The Kier molecular flexibility index (Phi) is 5.95. The molecule has 0 saturated heterocycles. The van der Waals surface area contributed by atoms with Gasteiger partial charge in [-0.1, -0.05) is 24.8 Å². The van der Waals surface area contributed by atoms with Crippen LogP contribution in [0.5, 0.6) is 11.5 Å². The van der Waals surface area contributed by atoms with Crippen molar-refractivity contribution >= 4 is 17.7 Å². The molecule has 0 atom stereocenters. The quantitative estimate of drug-likeness (QED) is 0.570. The number of aromatic nitrogens is 4. The number of ether oxygens (including phenoxy) is 2. The summed E-state index contributed by atoms with van der Waals surface area (Å²) < 4.78 is 12.7. The maximum Gasteiger partial charge on any atom is 0.231 e. The second kappa shape index (κ2) is 8.95. The standard InChI is InChI=1S/C20H21N5O3S/c1-2-9-25-19(15-5-7-21-8-6-15)23-24-20(25)29-12-18(26)22-11-14-3-4-16-17(10-14)28-13-27-16/h3-8,10H,2,9,11-13H2,1H3,(H,22,26). The molecular formula is C20H21N5O3S. The Hall–Kier alpha value is -3.07. The number of carbonyl (C=O) groups is 1. The Morgan fingerprint density at radius 2 is 2.00 bits per heavy atom. The predicted molar refractivity (Wildman–Crippen MR) is 109 cm³/mol. The highest BCUT2D eigenvalue weighted by Crippen LogP contribution is 2.32. The number of nitrogens with one attached hydrogen (secondary N) is 1. The van der Waals surface area contributed by atoms with Crippen LogP contribution in [0.2, 0.25) is 0 Å². The Bertz CT molecular complexity index is 993. The summed E-state index contributed by atoms with van der Waals surface area (Å²) >= 11 is 1.38. The average Bonchev–Trinajstić information content (AvgIpc) is 3.38. The molecule has 3 aromatic rings. The number of nitrogens with zero attached hydrogens (tertiary/aromatic N) is 4. The third-order valence-electron chi connectivity index (χ3n) is 4.36. The van der Waals surface area contributed by atoms with Crippen LogP contribution in [0.25, 0.3) is 11.4 Å². The molecule has 1 aliphatic rings. The van der Waals surface area contributed by atoms with Crippen LogP contribution in [-0.4, -0.2) is 38.2 Å². The van der Waals surface area contributed by atoms with Crippen molar-refractivity contribution < 1.29 is 14.3 Å². The van der Waals surface area contributed by atoms with Crippen molar-refractivity contribution in [2.24, 2.45) is 0 Å². The lowest BCUT2D eigenvalue weighted by molar-refractivity contribution is -0.118. The molecule has 150 valence electrons. The molecule has 1 aliphatic heterocycles. The third kappa shape index (κ3) is 4.51. The summed E-state index contributed by atoms with van der Waals surface area (Å²) in [6, 6.07) is 9.46. The van der Waals surface area contributed by atoms with Gasteiger partial charge in [-0.05, 0) is 36.2 Å². The number of rotatable bonds is 8. The van der Waals surface area contributed by atoms with Crippen molar-refractivity contribution in [3.63, 3.8) is 0 Å². The molecule has 0 radical (unpaired) electrons. The van der Waals surface area contributed by atoms with Gasteiger partial charge < -0.3 is 19.4 Å². The summed E-state index contributed by atoms with van der Waals surface area (Å²) in [4.78, 5) is 16.4. The van der Waals surface area contributed by atoms with Crippen molar-refractivity contribution in [2.75, 3.05) is 12.5 Å². The lowest BCUT2D eigenvalue weighted by Crippen LogP contribution is -2.24. The number of hydrogen-bond donors (Lipinski definition) is 1. The first-order valence-electron chi connectivity index (χ1n) is 9.36. The molecule has 0 spiro atoms. The summed E-state index contributed by atoms with van der Waals surface area (Å²) in [5.74, 6) is 2.43. The van der Waals surface area contributed by atoms with Gasteiger partial charge in [0, 0.05) is 31.0 Å². The zero-order valence-electron chi connectivity index (χ0n) is 16.0. The van der Waals surface area contributed by atoms with Gasteiger partial charge in [0.2, 0.25) is 12.7 Å². The Balaban J connectivity index is 1.36. The molecule has 0 bridgehead atoms. The summed E-state index contributed by atoms with van der Waals surface area (Å²) in [5.41, 5.74) is 1.92. The molecule has 8 nitrogen and oxygen atoms in total. The minimum absolute atomic E-state index is 0.0656. The average molecular weight is 411 g/mol. The maximum absolute atomic E-state index is 12.3. The van der Waals surface area contributed by atoms with Crippen molar-refractivity contribution in [1.82, 2.24) is 25.1 Å². The summed E-state index contributed by atoms with van der Waals surface area (Å²) in [7, 11) is 0. The first-order valence-corrected chi connectivity index (χ1v) is 10.3. The topological polar surface area (TPSA) is 91.2 Å². The van der Waals surface area contributed by atoms with Gasteiger partial charge in [0.05, 0.1) is 5.75 Å². The highest BCUT2D eigenvalue weighted by molar-refractivity contribution is 7.99. The number of carbonyl (C=O) groups excluding carboxylic acids is 1. The second-order valence-corrected chi connectivity index (χ2v) is 7.39. The van der Waals surface area contributed by atoms with E-state index in [2.05, 4.69) is 27.4 Å². The lowest BCUT2D eigenvalue weighted by atomic mass is 10.2. The van der Waals surface area contributed by atoms with Crippen LogP contribution >= 0.6 is 11.8 Å². The van der Waals surface area contributed by atoms with E-state index in [4.69, 9.17) is 9.47 Å². The predicted octanol–water partition coefficient (Wildman–Crippen LogP) is 2.89. The molecule has 2 aromatic heterocycles.